The molecule has 1 aromatic carbocycles. The Morgan fingerprint density at radius 1 is 1.33 bits per heavy atom. The number of hydrogen-bond donors (Lipinski definition) is 2. The van der Waals surface area contributed by atoms with Gasteiger partial charge in [0.15, 0.2) is 0 Å². The van der Waals surface area contributed by atoms with Crippen molar-refractivity contribution < 1.29 is 4.74 Å². The van der Waals surface area contributed by atoms with E-state index in [4.69, 9.17) is 10.5 Å². The van der Waals surface area contributed by atoms with Gasteiger partial charge in [-0.1, -0.05) is 51.5 Å². The van der Waals surface area contributed by atoms with Crippen LogP contribution >= 0.6 is 0 Å². The Morgan fingerprint density at radius 3 is 2.62 bits per heavy atom. The molecule has 1 aromatic heterocycles. The van der Waals surface area contributed by atoms with E-state index in [1.54, 1.807) is 0 Å². The Bertz CT molecular complexity index is 809. The lowest BCUT2D eigenvalue weighted by atomic mass is 9.83. The van der Waals surface area contributed by atoms with Crippen LogP contribution < -0.4 is 10.5 Å². The van der Waals surface area contributed by atoms with Crippen LogP contribution in [0.3, 0.4) is 0 Å². The first-order valence-electron chi connectivity index (χ1n) is 8.31. The molecule has 0 aliphatic carbocycles. The second kappa shape index (κ2) is 6.40. The van der Waals surface area contributed by atoms with Gasteiger partial charge in [0.05, 0.1) is 5.92 Å². The molecule has 24 heavy (non-hydrogen) atoms. The standard InChI is InChI=1S/C19H22N4O/c1-4-5-15-17-16(13-8-6-12(7-9-13)11(2)3)14(10-20)18(21)24-19(17)23-22-15/h6-9,11,16H,4-5,21H2,1-3H3,(H,22,23)/t16-/m0/s1. The van der Waals surface area contributed by atoms with Gasteiger partial charge in [0.2, 0.25) is 11.8 Å². The third kappa shape index (κ3) is 2.65. The van der Waals surface area contributed by atoms with E-state index >= 15 is 0 Å². The molecule has 1 atom stereocenters. The van der Waals surface area contributed by atoms with Crippen molar-refractivity contribution in [2.45, 2.75) is 45.4 Å². The van der Waals surface area contributed by atoms with Crippen molar-refractivity contribution in [1.82, 2.24) is 10.2 Å². The van der Waals surface area contributed by atoms with E-state index in [1.807, 2.05) is 0 Å². The smallest absolute Gasteiger partial charge is 0.244 e. The lowest BCUT2D eigenvalue weighted by Crippen LogP contribution is -2.21. The van der Waals surface area contributed by atoms with E-state index in [9.17, 15) is 5.26 Å². The SMILES string of the molecule is CCCc1[nH]nc2c1[C@@H](c1ccc(C(C)C)cc1)C(C#N)=C(N)O2. The summed E-state index contributed by atoms with van der Waals surface area (Å²) in [7, 11) is 0. The maximum Gasteiger partial charge on any atom is 0.244 e. The van der Waals surface area contributed by atoms with Crippen molar-refractivity contribution in [2.75, 3.05) is 0 Å². The van der Waals surface area contributed by atoms with Gasteiger partial charge in [0.1, 0.15) is 11.6 Å². The summed E-state index contributed by atoms with van der Waals surface area (Å²) < 4.78 is 5.57. The summed E-state index contributed by atoms with van der Waals surface area (Å²) in [6, 6.07) is 10.6. The topological polar surface area (TPSA) is 87.7 Å². The molecule has 3 N–H and O–H groups in total. The van der Waals surface area contributed by atoms with Crippen molar-refractivity contribution >= 4 is 0 Å². The predicted molar refractivity (Wildman–Crippen MR) is 92.4 cm³/mol. The van der Waals surface area contributed by atoms with E-state index in [0.717, 1.165) is 29.7 Å². The Labute approximate surface area is 142 Å². The number of nitriles is 1. The summed E-state index contributed by atoms with van der Waals surface area (Å²) in [4.78, 5) is 0. The minimum Gasteiger partial charge on any atom is -0.420 e. The van der Waals surface area contributed by atoms with Crippen LogP contribution in [0.1, 0.15) is 61.4 Å². The second-order valence-corrected chi connectivity index (χ2v) is 6.42. The first-order valence-corrected chi connectivity index (χ1v) is 8.31. The van der Waals surface area contributed by atoms with Crippen molar-refractivity contribution in [2.24, 2.45) is 5.73 Å². The molecule has 0 bridgehead atoms. The molecule has 0 saturated heterocycles. The van der Waals surface area contributed by atoms with Gasteiger partial charge < -0.3 is 10.5 Å². The fraction of sp³-hybridized carbons (Fsp3) is 0.368. The highest BCUT2D eigenvalue weighted by Gasteiger charge is 2.34. The van der Waals surface area contributed by atoms with Gasteiger partial charge in [-0.05, 0) is 23.5 Å². The summed E-state index contributed by atoms with van der Waals surface area (Å²) in [6.07, 6.45) is 1.83. The van der Waals surface area contributed by atoms with Crippen LogP contribution in [-0.2, 0) is 6.42 Å². The molecule has 0 fully saturated rings. The highest BCUT2D eigenvalue weighted by atomic mass is 16.5. The fourth-order valence-electron chi connectivity index (χ4n) is 3.16. The number of nitrogens with one attached hydrogen (secondary N) is 1. The van der Waals surface area contributed by atoms with Crippen LogP contribution in [0.5, 0.6) is 5.88 Å². The zero-order valence-corrected chi connectivity index (χ0v) is 14.3. The van der Waals surface area contributed by atoms with Crippen LogP contribution in [-0.4, -0.2) is 10.2 Å². The average molecular weight is 322 g/mol. The zero-order valence-electron chi connectivity index (χ0n) is 14.3. The van der Waals surface area contributed by atoms with E-state index in [-0.39, 0.29) is 11.8 Å². The number of ether oxygens (including phenoxy) is 1. The van der Waals surface area contributed by atoms with Gasteiger partial charge in [-0.2, -0.15) is 5.26 Å². The normalized spacial score (nSPS) is 16.7. The maximum atomic E-state index is 9.62. The monoisotopic (exact) mass is 322 g/mol. The Kier molecular flexibility index (Phi) is 4.30. The molecule has 1 aliphatic rings. The van der Waals surface area contributed by atoms with Gasteiger partial charge in [0.25, 0.3) is 0 Å². The number of aromatic nitrogens is 2. The number of H-pyrrole nitrogens is 1. The van der Waals surface area contributed by atoms with Crippen molar-refractivity contribution in [3.05, 3.63) is 58.1 Å². The maximum absolute atomic E-state index is 9.62. The van der Waals surface area contributed by atoms with Gasteiger partial charge in [-0.15, -0.1) is 5.10 Å². The number of aryl methyl sites for hydroxylation is 1. The number of nitrogens with zero attached hydrogens (tertiary/aromatic N) is 2. The summed E-state index contributed by atoms with van der Waals surface area (Å²) in [5.74, 6) is 0.843. The van der Waals surface area contributed by atoms with Crippen molar-refractivity contribution in [1.29, 1.82) is 5.26 Å². The molecule has 0 unspecified atom stereocenters. The summed E-state index contributed by atoms with van der Waals surface area (Å²) >= 11 is 0. The quantitative estimate of drug-likeness (QED) is 0.898. The highest BCUT2D eigenvalue weighted by Crippen LogP contribution is 2.43. The lowest BCUT2D eigenvalue weighted by molar-refractivity contribution is 0.378. The molecule has 0 radical (unpaired) electrons. The number of fused-ring (bicyclic) bond motifs is 1. The molecular weight excluding hydrogens is 300 g/mol. The Hall–Kier alpha value is -2.74. The molecule has 0 amide bonds. The van der Waals surface area contributed by atoms with Crippen LogP contribution in [0.15, 0.2) is 35.7 Å². The summed E-state index contributed by atoms with van der Waals surface area (Å²) in [5.41, 5.74) is 10.6. The van der Waals surface area contributed by atoms with Crippen molar-refractivity contribution in [3.8, 4) is 11.9 Å². The van der Waals surface area contributed by atoms with Crippen LogP contribution in [0.4, 0.5) is 0 Å². The molecule has 0 spiro atoms. The molecule has 5 nitrogen and oxygen atoms in total. The number of hydrogen-bond acceptors (Lipinski definition) is 4. The zero-order chi connectivity index (χ0) is 17.3. The predicted octanol–water partition coefficient (Wildman–Crippen LogP) is 3.70. The Balaban J connectivity index is 2.13. The van der Waals surface area contributed by atoms with Crippen LogP contribution in [0, 0.1) is 11.3 Å². The van der Waals surface area contributed by atoms with Gasteiger partial charge in [-0.3, -0.25) is 5.10 Å². The summed E-state index contributed by atoms with van der Waals surface area (Å²) in [5, 5.41) is 16.9. The molecule has 2 heterocycles. The van der Waals surface area contributed by atoms with E-state index in [0.29, 0.717) is 17.4 Å². The summed E-state index contributed by atoms with van der Waals surface area (Å²) in [6.45, 7) is 6.43. The number of aromatic amines is 1. The molecule has 3 rings (SSSR count). The molecule has 124 valence electrons. The first kappa shape index (κ1) is 16.1. The fourth-order valence-corrected chi connectivity index (χ4v) is 3.16. The van der Waals surface area contributed by atoms with E-state index < -0.39 is 0 Å². The number of allylic oxidation sites excluding steroid dienone is 1. The number of nitrogens with two attached hydrogens (primary N) is 1. The third-order valence-electron chi connectivity index (χ3n) is 4.45. The van der Waals surface area contributed by atoms with Gasteiger partial charge >= 0.3 is 0 Å². The Morgan fingerprint density at radius 2 is 2.04 bits per heavy atom. The van der Waals surface area contributed by atoms with Crippen molar-refractivity contribution in [3.63, 3.8) is 0 Å². The highest BCUT2D eigenvalue weighted by molar-refractivity contribution is 5.55. The minimum absolute atomic E-state index is 0.137. The number of benzene rings is 1. The van der Waals surface area contributed by atoms with Crippen LogP contribution in [0.2, 0.25) is 0 Å². The van der Waals surface area contributed by atoms with E-state index in [1.165, 1.54) is 5.56 Å². The molecule has 2 aromatic rings. The van der Waals surface area contributed by atoms with Gasteiger partial charge in [0, 0.05) is 11.3 Å². The lowest BCUT2D eigenvalue weighted by Gasteiger charge is -2.24. The second-order valence-electron chi connectivity index (χ2n) is 6.42. The molecular formula is C19H22N4O. The number of rotatable bonds is 4. The third-order valence-corrected chi connectivity index (χ3v) is 4.45. The van der Waals surface area contributed by atoms with Gasteiger partial charge in [-0.25, -0.2) is 0 Å². The molecule has 5 heteroatoms. The first-order chi connectivity index (χ1) is 11.6. The average Bonchev–Trinajstić information content (AvgIpc) is 2.96. The molecule has 0 saturated carbocycles. The van der Waals surface area contributed by atoms with Crippen LogP contribution in [0.25, 0.3) is 0 Å². The van der Waals surface area contributed by atoms with E-state index in [2.05, 4.69) is 61.3 Å². The largest absolute Gasteiger partial charge is 0.420 e. The molecule has 1 aliphatic heterocycles. The minimum atomic E-state index is -0.236.